The lowest BCUT2D eigenvalue weighted by Crippen LogP contribution is -3.06. The van der Waals surface area contributed by atoms with Crippen LogP contribution in [0.25, 0.3) is 10.6 Å². The highest BCUT2D eigenvalue weighted by molar-refractivity contribution is 7.14. The van der Waals surface area contributed by atoms with Crippen molar-refractivity contribution in [2.24, 2.45) is 0 Å². The van der Waals surface area contributed by atoms with Crippen molar-refractivity contribution in [1.82, 2.24) is 10.3 Å². The van der Waals surface area contributed by atoms with E-state index in [-0.39, 0.29) is 11.9 Å². The number of amides is 1. The molecule has 2 heterocycles. The first-order valence-electron chi connectivity index (χ1n) is 7.76. The van der Waals surface area contributed by atoms with Gasteiger partial charge in [-0.2, -0.15) is 11.3 Å². The molecule has 0 unspecified atom stereocenters. The first-order valence-corrected chi connectivity index (χ1v) is 9.58. The number of nitrogens with one attached hydrogen (secondary N) is 2. The normalized spacial score (nSPS) is 12.3. The second-order valence-corrected chi connectivity index (χ2v) is 7.54. The first-order chi connectivity index (χ1) is 11.6. The van der Waals surface area contributed by atoms with Crippen LogP contribution in [-0.2, 0) is 0 Å². The zero-order valence-electron chi connectivity index (χ0n) is 13.7. The standard InChI is InChI=1S/C18H19N3OS2/c1-21(2)10-15(13-6-4-3-5-7-13)19-17(22)16-12-24-18(20-16)14-8-9-23-11-14/h3-9,11-12,15H,10H2,1-2H3,(H,19,22)/p+1/t15-/m1/s1. The fourth-order valence-electron chi connectivity index (χ4n) is 2.47. The van der Waals surface area contributed by atoms with Gasteiger partial charge in [0, 0.05) is 16.3 Å². The second-order valence-electron chi connectivity index (χ2n) is 5.90. The Morgan fingerprint density at radius 1 is 1.21 bits per heavy atom. The number of rotatable bonds is 6. The number of carbonyl (C=O) groups excluding carboxylic acids is 1. The van der Waals surface area contributed by atoms with Crippen LogP contribution in [0.4, 0.5) is 0 Å². The lowest BCUT2D eigenvalue weighted by atomic mass is 10.1. The van der Waals surface area contributed by atoms with Crippen LogP contribution >= 0.6 is 22.7 Å². The molecule has 24 heavy (non-hydrogen) atoms. The van der Waals surface area contributed by atoms with Crippen LogP contribution in [-0.4, -0.2) is 31.5 Å². The van der Waals surface area contributed by atoms with Crippen molar-refractivity contribution in [2.75, 3.05) is 20.6 Å². The van der Waals surface area contributed by atoms with E-state index in [9.17, 15) is 4.79 Å². The minimum Gasteiger partial charge on any atom is -0.338 e. The first kappa shape index (κ1) is 16.8. The van der Waals surface area contributed by atoms with Crippen molar-refractivity contribution < 1.29 is 9.69 Å². The van der Waals surface area contributed by atoms with E-state index in [0.717, 1.165) is 22.7 Å². The molecule has 3 rings (SSSR count). The summed E-state index contributed by atoms with van der Waals surface area (Å²) in [5.74, 6) is -0.122. The summed E-state index contributed by atoms with van der Waals surface area (Å²) in [4.78, 5) is 18.4. The molecule has 0 saturated carbocycles. The third kappa shape index (κ3) is 4.08. The maximum atomic E-state index is 12.6. The highest BCUT2D eigenvalue weighted by atomic mass is 32.1. The average Bonchev–Trinajstić information content (AvgIpc) is 3.25. The molecule has 1 atom stereocenters. The summed E-state index contributed by atoms with van der Waals surface area (Å²) >= 11 is 3.13. The minimum atomic E-state index is -0.122. The molecule has 0 bridgehead atoms. The van der Waals surface area contributed by atoms with Gasteiger partial charge < -0.3 is 10.2 Å². The summed E-state index contributed by atoms with van der Waals surface area (Å²) in [6.45, 7) is 0.817. The molecular formula is C18H20N3OS2+. The zero-order chi connectivity index (χ0) is 16.9. The summed E-state index contributed by atoms with van der Waals surface area (Å²) in [6.07, 6.45) is 0. The van der Waals surface area contributed by atoms with Crippen molar-refractivity contribution >= 4 is 28.6 Å². The summed E-state index contributed by atoms with van der Waals surface area (Å²) in [5.41, 5.74) is 2.66. The molecule has 1 aromatic carbocycles. The van der Waals surface area contributed by atoms with Crippen molar-refractivity contribution in [2.45, 2.75) is 6.04 Å². The Balaban J connectivity index is 1.76. The Morgan fingerprint density at radius 3 is 2.67 bits per heavy atom. The van der Waals surface area contributed by atoms with E-state index in [2.05, 4.69) is 24.4 Å². The molecular weight excluding hydrogens is 338 g/mol. The molecule has 4 nitrogen and oxygen atoms in total. The molecule has 0 aliphatic rings. The van der Waals surface area contributed by atoms with Gasteiger partial charge in [0.05, 0.1) is 14.1 Å². The maximum Gasteiger partial charge on any atom is 0.271 e. The molecule has 0 aliphatic heterocycles. The molecule has 0 saturated heterocycles. The van der Waals surface area contributed by atoms with Gasteiger partial charge in [-0.15, -0.1) is 11.3 Å². The number of nitrogens with zero attached hydrogens (tertiary/aromatic N) is 1. The zero-order valence-corrected chi connectivity index (χ0v) is 15.3. The van der Waals surface area contributed by atoms with Crippen LogP contribution in [0.3, 0.4) is 0 Å². The van der Waals surface area contributed by atoms with Crippen LogP contribution < -0.4 is 10.2 Å². The van der Waals surface area contributed by atoms with Crippen molar-refractivity contribution in [3.8, 4) is 10.6 Å². The van der Waals surface area contributed by atoms with Gasteiger partial charge in [-0.05, 0) is 17.0 Å². The largest absolute Gasteiger partial charge is 0.338 e. The number of carbonyl (C=O) groups is 1. The van der Waals surface area contributed by atoms with Crippen LogP contribution in [0, 0.1) is 0 Å². The highest BCUT2D eigenvalue weighted by Gasteiger charge is 2.20. The van der Waals surface area contributed by atoms with E-state index < -0.39 is 0 Å². The average molecular weight is 359 g/mol. The number of likely N-dealkylation sites (N-methyl/N-ethyl adjacent to an activating group) is 1. The molecule has 2 N–H and O–H groups in total. The summed E-state index contributed by atoms with van der Waals surface area (Å²) in [7, 11) is 4.17. The third-order valence-corrected chi connectivity index (χ3v) is 5.20. The predicted octanol–water partition coefficient (Wildman–Crippen LogP) is 2.49. The van der Waals surface area contributed by atoms with Gasteiger partial charge in [0.15, 0.2) is 0 Å². The fraction of sp³-hybridized carbons (Fsp3) is 0.222. The van der Waals surface area contributed by atoms with Crippen LogP contribution in [0.1, 0.15) is 22.1 Å². The number of thiophene rings is 1. The van der Waals surface area contributed by atoms with E-state index in [0.29, 0.717) is 5.69 Å². The van der Waals surface area contributed by atoms with Crippen LogP contribution in [0.5, 0.6) is 0 Å². The number of aromatic nitrogens is 1. The number of benzene rings is 1. The molecule has 0 spiro atoms. The van der Waals surface area contributed by atoms with Crippen molar-refractivity contribution in [3.05, 3.63) is 63.8 Å². The second kappa shape index (κ2) is 7.70. The summed E-state index contributed by atoms with van der Waals surface area (Å²) in [5, 5.41) is 9.90. The van der Waals surface area contributed by atoms with Gasteiger partial charge in [0.25, 0.3) is 5.91 Å². The smallest absolute Gasteiger partial charge is 0.271 e. The van der Waals surface area contributed by atoms with E-state index in [4.69, 9.17) is 0 Å². The van der Waals surface area contributed by atoms with Gasteiger partial charge in [0.1, 0.15) is 23.3 Å². The summed E-state index contributed by atoms with van der Waals surface area (Å²) in [6, 6.07) is 12.1. The van der Waals surface area contributed by atoms with E-state index >= 15 is 0 Å². The van der Waals surface area contributed by atoms with Gasteiger partial charge >= 0.3 is 0 Å². The molecule has 124 valence electrons. The summed E-state index contributed by atoms with van der Waals surface area (Å²) < 4.78 is 0. The number of thiazole rings is 1. The van der Waals surface area contributed by atoms with Crippen molar-refractivity contribution in [1.29, 1.82) is 0 Å². The van der Waals surface area contributed by atoms with Crippen molar-refractivity contribution in [3.63, 3.8) is 0 Å². The predicted molar refractivity (Wildman–Crippen MR) is 99.8 cm³/mol. The quantitative estimate of drug-likeness (QED) is 0.711. The molecule has 0 fully saturated rings. The van der Waals surface area contributed by atoms with E-state index in [1.165, 1.54) is 16.2 Å². The van der Waals surface area contributed by atoms with Gasteiger partial charge in [-0.3, -0.25) is 4.79 Å². The topological polar surface area (TPSA) is 46.4 Å². The Hall–Kier alpha value is -2.02. The van der Waals surface area contributed by atoms with Gasteiger partial charge in [0.2, 0.25) is 0 Å². The Bertz CT molecular complexity index is 782. The number of quaternary nitrogens is 1. The molecule has 6 heteroatoms. The molecule has 2 aromatic heterocycles. The van der Waals surface area contributed by atoms with E-state index in [1.807, 2.05) is 52.5 Å². The van der Waals surface area contributed by atoms with Crippen LogP contribution in [0.15, 0.2) is 52.5 Å². The van der Waals surface area contributed by atoms with Gasteiger partial charge in [-0.25, -0.2) is 4.98 Å². The molecule has 3 aromatic rings. The SMILES string of the molecule is C[NH+](C)C[C@@H](NC(=O)c1csc(-c2ccsc2)n1)c1ccccc1. The lowest BCUT2D eigenvalue weighted by molar-refractivity contribution is -0.860. The monoisotopic (exact) mass is 358 g/mol. The third-order valence-electron chi connectivity index (χ3n) is 3.62. The maximum absolute atomic E-state index is 12.6. The Labute approximate surface area is 149 Å². The molecule has 0 aliphatic carbocycles. The number of hydrogen-bond donors (Lipinski definition) is 2. The number of hydrogen-bond acceptors (Lipinski definition) is 4. The molecule has 0 radical (unpaired) electrons. The highest BCUT2D eigenvalue weighted by Crippen LogP contribution is 2.25. The lowest BCUT2D eigenvalue weighted by Gasteiger charge is -2.20. The Kier molecular flexibility index (Phi) is 5.40. The Morgan fingerprint density at radius 2 is 2.00 bits per heavy atom. The molecule has 1 amide bonds. The van der Waals surface area contributed by atoms with Gasteiger partial charge in [-0.1, -0.05) is 30.3 Å². The van der Waals surface area contributed by atoms with E-state index in [1.54, 1.807) is 11.3 Å². The fourth-order valence-corrected chi connectivity index (χ4v) is 3.99. The van der Waals surface area contributed by atoms with Crippen LogP contribution in [0.2, 0.25) is 0 Å². The minimum absolute atomic E-state index is 0.0324.